The monoisotopic (exact) mass is 467 g/mol. The van der Waals surface area contributed by atoms with Gasteiger partial charge < -0.3 is 9.47 Å². The van der Waals surface area contributed by atoms with Gasteiger partial charge in [-0.3, -0.25) is 4.98 Å². The number of pyridine rings is 1. The molecule has 0 amide bonds. The molecule has 9 heteroatoms. The maximum absolute atomic E-state index is 13.9. The Balaban J connectivity index is 1.95. The normalized spacial score (nSPS) is 11.5. The molecule has 0 saturated carbocycles. The van der Waals surface area contributed by atoms with Gasteiger partial charge in [0.25, 0.3) is 0 Å². The van der Waals surface area contributed by atoms with Crippen LogP contribution in [0.5, 0.6) is 0 Å². The summed E-state index contributed by atoms with van der Waals surface area (Å²) in [5.74, 6) is 1.17. The van der Waals surface area contributed by atoms with E-state index < -0.39 is 5.82 Å². The van der Waals surface area contributed by atoms with Gasteiger partial charge in [0.05, 0.1) is 19.1 Å². The van der Waals surface area contributed by atoms with Crippen molar-refractivity contribution in [3.05, 3.63) is 64.4 Å². The molecule has 0 saturated heterocycles. The second kappa shape index (κ2) is 8.27. The molecule has 4 aromatic rings. The molecular formula is C21H19BrFN7. The molecule has 0 bridgehead atoms. The van der Waals surface area contributed by atoms with Crippen LogP contribution in [0.3, 0.4) is 0 Å². The van der Waals surface area contributed by atoms with Crippen molar-refractivity contribution in [2.45, 2.75) is 13.5 Å². The highest BCUT2D eigenvalue weighted by Gasteiger charge is 2.19. The van der Waals surface area contributed by atoms with Crippen LogP contribution < -0.4 is 0 Å². The van der Waals surface area contributed by atoms with Gasteiger partial charge in [-0.25, -0.2) is 24.3 Å². The van der Waals surface area contributed by atoms with Crippen LogP contribution in [0.4, 0.5) is 10.2 Å². The standard InChI is InChI=1S/C21H19BrFN7/c1-13-26-19(25-12-29(2)3)18-21(27-13)30(11-14-4-6-16(22)7-5-14)20(28-18)15-8-17(23)10-24-9-15/h4-10,12H,11H2,1-3H3. The van der Waals surface area contributed by atoms with Crippen LogP contribution in [0.25, 0.3) is 22.6 Å². The van der Waals surface area contributed by atoms with Crippen molar-refractivity contribution in [2.24, 2.45) is 4.99 Å². The molecule has 0 fully saturated rings. The lowest BCUT2D eigenvalue weighted by Gasteiger charge is -2.09. The molecule has 1 aromatic carbocycles. The molecule has 0 spiro atoms. The van der Waals surface area contributed by atoms with Crippen LogP contribution in [-0.2, 0) is 6.54 Å². The van der Waals surface area contributed by atoms with Crippen molar-refractivity contribution >= 4 is 39.3 Å². The summed E-state index contributed by atoms with van der Waals surface area (Å²) in [6.07, 6.45) is 4.42. The third kappa shape index (κ3) is 4.20. The predicted octanol–water partition coefficient (Wildman–Crippen LogP) is 4.37. The molecule has 7 nitrogen and oxygen atoms in total. The topological polar surface area (TPSA) is 72.1 Å². The molecular weight excluding hydrogens is 449 g/mol. The fourth-order valence-corrected chi connectivity index (χ4v) is 3.29. The van der Waals surface area contributed by atoms with Gasteiger partial charge in [-0.2, -0.15) is 0 Å². The average molecular weight is 468 g/mol. The molecule has 0 aliphatic rings. The quantitative estimate of drug-likeness (QED) is 0.321. The third-order valence-electron chi connectivity index (χ3n) is 4.32. The van der Waals surface area contributed by atoms with Gasteiger partial charge in [-0.15, -0.1) is 0 Å². The summed E-state index contributed by atoms with van der Waals surface area (Å²) in [5, 5.41) is 0. The lowest BCUT2D eigenvalue weighted by molar-refractivity contribution is 0.621. The van der Waals surface area contributed by atoms with Crippen LogP contribution in [-0.4, -0.2) is 49.8 Å². The maximum Gasteiger partial charge on any atom is 0.185 e. The molecule has 0 radical (unpaired) electrons. The van der Waals surface area contributed by atoms with E-state index in [1.54, 1.807) is 12.5 Å². The highest BCUT2D eigenvalue weighted by molar-refractivity contribution is 9.10. The zero-order valence-electron chi connectivity index (χ0n) is 16.7. The Morgan fingerprint density at radius 3 is 2.60 bits per heavy atom. The molecule has 30 heavy (non-hydrogen) atoms. The molecule has 0 aliphatic carbocycles. The van der Waals surface area contributed by atoms with E-state index in [1.165, 1.54) is 12.3 Å². The molecule has 0 aliphatic heterocycles. The van der Waals surface area contributed by atoms with E-state index in [2.05, 4.69) is 35.9 Å². The van der Waals surface area contributed by atoms with Crippen LogP contribution >= 0.6 is 15.9 Å². The van der Waals surface area contributed by atoms with Gasteiger partial charge in [-0.05, 0) is 30.7 Å². The van der Waals surface area contributed by atoms with Crippen LogP contribution in [0.1, 0.15) is 11.4 Å². The first kappa shape index (κ1) is 20.1. The SMILES string of the molecule is Cc1nc(N=CN(C)C)c2nc(-c3cncc(F)c3)n(Cc3ccc(Br)cc3)c2n1. The largest absolute Gasteiger partial charge is 0.369 e. The minimum atomic E-state index is -0.428. The summed E-state index contributed by atoms with van der Waals surface area (Å²) < 4.78 is 16.8. The number of hydrogen-bond acceptors (Lipinski definition) is 5. The van der Waals surface area contributed by atoms with Gasteiger partial charge in [-0.1, -0.05) is 28.1 Å². The van der Waals surface area contributed by atoms with Crippen LogP contribution in [0.15, 0.2) is 52.2 Å². The van der Waals surface area contributed by atoms with E-state index in [1.807, 2.05) is 54.8 Å². The Hall–Kier alpha value is -3.20. The second-order valence-electron chi connectivity index (χ2n) is 7.01. The molecule has 3 aromatic heterocycles. The highest BCUT2D eigenvalue weighted by atomic mass is 79.9. The van der Waals surface area contributed by atoms with Gasteiger partial charge in [0.1, 0.15) is 17.5 Å². The number of aryl methyl sites for hydroxylation is 1. The Kier molecular flexibility index (Phi) is 5.54. The number of rotatable bonds is 5. The van der Waals surface area contributed by atoms with Crippen molar-refractivity contribution in [3.63, 3.8) is 0 Å². The first-order chi connectivity index (χ1) is 14.4. The minimum absolute atomic E-state index is 0.428. The number of aromatic nitrogens is 5. The zero-order chi connectivity index (χ0) is 21.3. The lowest BCUT2D eigenvalue weighted by Crippen LogP contribution is -2.07. The average Bonchev–Trinajstić information content (AvgIpc) is 3.06. The molecule has 152 valence electrons. The van der Waals surface area contributed by atoms with E-state index in [4.69, 9.17) is 4.98 Å². The van der Waals surface area contributed by atoms with E-state index in [9.17, 15) is 4.39 Å². The number of nitrogens with zero attached hydrogens (tertiary/aromatic N) is 7. The summed E-state index contributed by atoms with van der Waals surface area (Å²) in [6, 6.07) is 9.40. The molecule has 4 rings (SSSR count). The fraction of sp³-hybridized carbons (Fsp3) is 0.190. The first-order valence-electron chi connectivity index (χ1n) is 9.21. The fourth-order valence-electron chi connectivity index (χ4n) is 3.03. The number of benzene rings is 1. The number of hydrogen-bond donors (Lipinski definition) is 0. The molecule has 0 N–H and O–H groups in total. The van der Waals surface area contributed by atoms with Gasteiger partial charge >= 0.3 is 0 Å². The Bertz CT molecular complexity index is 1230. The number of aliphatic imine (C=N–C) groups is 1. The van der Waals surface area contributed by atoms with Gasteiger partial charge in [0, 0.05) is 30.3 Å². The van der Waals surface area contributed by atoms with Crippen molar-refractivity contribution in [1.82, 2.24) is 29.4 Å². The Morgan fingerprint density at radius 2 is 1.90 bits per heavy atom. The van der Waals surface area contributed by atoms with Gasteiger partial charge in [0.15, 0.2) is 17.0 Å². The predicted molar refractivity (Wildman–Crippen MR) is 118 cm³/mol. The van der Waals surface area contributed by atoms with E-state index in [-0.39, 0.29) is 0 Å². The summed E-state index contributed by atoms with van der Waals surface area (Å²) in [4.78, 5) is 24.1. The zero-order valence-corrected chi connectivity index (χ0v) is 18.3. The van der Waals surface area contributed by atoms with Crippen LogP contribution in [0, 0.1) is 12.7 Å². The summed E-state index contributed by atoms with van der Waals surface area (Å²) >= 11 is 3.46. The maximum atomic E-state index is 13.9. The van der Waals surface area contributed by atoms with Crippen molar-refractivity contribution in [1.29, 1.82) is 0 Å². The summed E-state index contributed by atoms with van der Waals surface area (Å²) in [7, 11) is 3.76. The van der Waals surface area contributed by atoms with E-state index in [0.29, 0.717) is 40.7 Å². The molecule has 0 unspecified atom stereocenters. The van der Waals surface area contributed by atoms with Crippen LogP contribution in [0.2, 0.25) is 0 Å². The van der Waals surface area contributed by atoms with Gasteiger partial charge in [0.2, 0.25) is 0 Å². The van der Waals surface area contributed by atoms with Crippen molar-refractivity contribution < 1.29 is 4.39 Å². The third-order valence-corrected chi connectivity index (χ3v) is 4.84. The lowest BCUT2D eigenvalue weighted by atomic mass is 10.2. The first-order valence-corrected chi connectivity index (χ1v) is 10.0. The number of fused-ring (bicyclic) bond motifs is 1. The highest BCUT2D eigenvalue weighted by Crippen LogP contribution is 2.29. The summed E-state index contributed by atoms with van der Waals surface area (Å²) in [6.45, 7) is 2.32. The van der Waals surface area contributed by atoms with E-state index >= 15 is 0 Å². The second-order valence-corrected chi connectivity index (χ2v) is 7.93. The molecule has 0 atom stereocenters. The molecule has 3 heterocycles. The van der Waals surface area contributed by atoms with Crippen molar-refractivity contribution in [2.75, 3.05) is 14.1 Å². The number of halogens is 2. The van der Waals surface area contributed by atoms with E-state index in [0.717, 1.165) is 10.0 Å². The smallest absolute Gasteiger partial charge is 0.185 e. The Labute approximate surface area is 181 Å². The minimum Gasteiger partial charge on any atom is -0.369 e. The Morgan fingerprint density at radius 1 is 1.13 bits per heavy atom. The van der Waals surface area contributed by atoms with Crippen molar-refractivity contribution in [3.8, 4) is 11.4 Å². The number of imidazole rings is 1. The summed E-state index contributed by atoms with van der Waals surface area (Å²) in [5.41, 5.74) is 2.80.